The van der Waals surface area contributed by atoms with Gasteiger partial charge < -0.3 is 0 Å². The van der Waals surface area contributed by atoms with Crippen LogP contribution < -0.4 is 10.9 Å². The molecule has 0 bridgehead atoms. The molecule has 0 spiro atoms. The number of thiazole rings is 1. The number of carbonyl (C=O) groups excluding carboxylic acids is 2. The first-order chi connectivity index (χ1) is 12.2. The summed E-state index contributed by atoms with van der Waals surface area (Å²) in [6.45, 7) is 2.10. The van der Waals surface area contributed by atoms with Crippen molar-refractivity contribution in [3.63, 3.8) is 0 Å². The average molecular weight is 352 g/mol. The Morgan fingerprint density at radius 1 is 1.00 bits per heavy atom. The second-order valence-corrected chi connectivity index (χ2v) is 6.07. The van der Waals surface area contributed by atoms with Crippen LogP contribution in [0.5, 0.6) is 0 Å². The molecule has 2 amide bonds. The summed E-state index contributed by atoms with van der Waals surface area (Å²) in [6, 6.07) is 13.0. The summed E-state index contributed by atoms with van der Waals surface area (Å²) in [5.74, 6) is -0.962. The van der Waals surface area contributed by atoms with E-state index in [0.717, 1.165) is 17.0 Å². The highest BCUT2D eigenvalue weighted by Crippen LogP contribution is 2.24. The Bertz CT molecular complexity index is 876. The Hall–Kier alpha value is -3.06. The van der Waals surface area contributed by atoms with Crippen molar-refractivity contribution in [3.05, 3.63) is 71.0 Å². The van der Waals surface area contributed by atoms with Crippen molar-refractivity contribution in [1.29, 1.82) is 0 Å². The van der Waals surface area contributed by atoms with Crippen LogP contribution in [-0.2, 0) is 6.42 Å². The zero-order valence-corrected chi connectivity index (χ0v) is 14.3. The molecule has 1 aromatic carbocycles. The number of benzene rings is 1. The second kappa shape index (κ2) is 7.67. The first kappa shape index (κ1) is 16.8. The maximum Gasteiger partial charge on any atom is 0.289 e. The van der Waals surface area contributed by atoms with E-state index in [-0.39, 0.29) is 11.4 Å². The van der Waals surface area contributed by atoms with Crippen LogP contribution in [0.2, 0.25) is 0 Å². The molecule has 2 aromatic heterocycles. The van der Waals surface area contributed by atoms with E-state index in [1.165, 1.54) is 23.1 Å². The molecule has 0 saturated carbocycles. The van der Waals surface area contributed by atoms with E-state index in [1.807, 2.05) is 24.3 Å². The lowest BCUT2D eigenvalue weighted by Crippen LogP contribution is -2.42. The van der Waals surface area contributed by atoms with Gasteiger partial charge >= 0.3 is 0 Å². The Kier molecular flexibility index (Phi) is 5.15. The van der Waals surface area contributed by atoms with Crippen molar-refractivity contribution in [2.24, 2.45) is 0 Å². The highest BCUT2D eigenvalue weighted by atomic mass is 32.1. The maximum atomic E-state index is 12.1. The lowest BCUT2D eigenvalue weighted by molar-refractivity contribution is 0.0841. The number of nitrogens with one attached hydrogen (secondary N) is 2. The van der Waals surface area contributed by atoms with Gasteiger partial charge in [0.1, 0.15) is 16.4 Å². The van der Waals surface area contributed by atoms with Crippen LogP contribution in [0, 0.1) is 0 Å². The largest absolute Gasteiger partial charge is 0.289 e. The second-order valence-electron chi connectivity index (χ2n) is 5.21. The van der Waals surface area contributed by atoms with Crippen LogP contribution in [0.15, 0.2) is 54.0 Å². The fourth-order valence-corrected chi connectivity index (χ4v) is 2.94. The minimum absolute atomic E-state index is 0.220. The fourth-order valence-electron chi connectivity index (χ4n) is 2.13. The summed E-state index contributed by atoms with van der Waals surface area (Å²) in [6.07, 6.45) is 2.48. The molecule has 25 heavy (non-hydrogen) atoms. The summed E-state index contributed by atoms with van der Waals surface area (Å²) in [5, 5.41) is 2.41. The third-order valence-corrected chi connectivity index (χ3v) is 4.42. The molecular formula is C18H16N4O2S. The topological polar surface area (TPSA) is 84.0 Å². The third-order valence-electron chi connectivity index (χ3n) is 3.53. The van der Waals surface area contributed by atoms with Gasteiger partial charge in [-0.15, -0.1) is 11.3 Å². The highest BCUT2D eigenvalue weighted by Gasteiger charge is 2.13. The molecule has 2 N–H and O–H groups in total. The molecule has 0 saturated heterocycles. The van der Waals surface area contributed by atoms with Crippen LogP contribution >= 0.6 is 11.3 Å². The lowest BCUT2D eigenvalue weighted by atomic mass is 10.1. The molecule has 0 radical (unpaired) electrons. The molecule has 126 valence electrons. The Morgan fingerprint density at radius 3 is 2.36 bits per heavy atom. The van der Waals surface area contributed by atoms with Crippen molar-refractivity contribution in [2.45, 2.75) is 13.3 Å². The van der Waals surface area contributed by atoms with Crippen LogP contribution in [-0.4, -0.2) is 21.8 Å². The fraction of sp³-hybridized carbons (Fsp3) is 0.111. The highest BCUT2D eigenvalue weighted by molar-refractivity contribution is 7.13. The SMILES string of the molecule is CCc1ccc(-c2nc(C(=O)NNC(=O)c3ccccn3)cs2)cc1. The predicted molar refractivity (Wildman–Crippen MR) is 96.1 cm³/mol. The third kappa shape index (κ3) is 4.07. The van der Waals surface area contributed by atoms with Crippen molar-refractivity contribution in [2.75, 3.05) is 0 Å². The zero-order valence-electron chi connectivity index (χ0n) is 13.5. The number of nitrogens with zero attached hydrogens (tertiary/aromatic N) is 2. The van der Waals surface area contributed by atoms with E-state index in [0.29, 0.717) is 0 Å². The van der Waals surface area contributed by atoms with Gasteiger partial charge in [-0.3, -0.25) is 25.4 Å². The summed E-state index contributed by atoms with van der Waals surface area (Å²) >= 11 is 1.38. The molecule has 0 unspecified atom stereocenters. The number of aromatic nitrogens is 2. The van der Waals surface area contributed by atoms with E-state index >= 15 is 0 Å². The number of aryl methyl sites for hydroxylation is 1. The summed E-state index contributed by atoms with van der Waals surface area (Å²) in [4.78, 5) is 32.2. The standard InChI is InChI=1S/C18H16N4O2S/c1-2-12-6-8-13(9-7-12)18-20-15(11-25-18)17(24)22-21-16(23)14-5-3-4-10-19-14/h3-11H,2H2,1H3,(H,21,23)(H,22,24). The van der Waals surface area contributed by atoms with Crippen molar-refractivity contribution >= 4 is 23.2 Å². The van der Waals surface area contributed by atoms with Gasteiger partial charge in [0.25, 0.3) is 11.8 Å². The summed E-state index contributed by atoms with van der Waals surface area (Å²) < 4.78 is 0. The number of carbonyl (C=O) groups is 2. The van der Waals surface area contributed by atoms with Crippen molar-refractivity contribution < 1.29 is 9.59 Å². The van der Waals surface area contributed by atoms with Gasteiger partial charge in [-0.1, -0.05) is 37.3 Å². The van der Waals surface area contributed by atoms with E-state index < -0.39 is 11.8 Å². The van der Waals surface area contributed by atoms with Gasteiger partial charge in [0.2, 0.25) is 0 Å². The molecule has 0 atom stereocenters. The molecule has 7 heteroatoms. The van der Waals surface area contributed by atoms with Crippen LogP contribution in [0.25, 0.3) is 10.6 Å². The van der Waals surface area contributed by atoms with Crippen molar-refractivity contribution in [1.82, 2.24) is 20.8 Å². The molecule has 6 nitrogen and oxygen atoms in total. The number of hydrogen-bond acceptors (Lipinski definition) is 5. The van der Waals surface area contributed by atoms with Crippen molar-refractivity contribution in [3.8, 4) is 10.6 Å². The lowest BCUT2D eigenvalue weighted by Gasteiger charge is -2.05. The van der Waals surface area contributed by atoms with Crippen LogP contribution in [0.1, 0.15) is 33.5 Å². The number of hydrazine groups is 1. The minimum atomic E-state index is -0.487. The van der Waals surface area contributed by atoms with Gasteiger partial charge in [-0.2, -0.15) is 0 Å². The van der Waals surface area contributed by atoms with E-state index in [1.54, 1.807) is 23.6 Å². The van der Waals surface area contributed by atoms with E-state index in [4.69, 9.17) is 0 Å². The average Bonchev–Trinajstić information content (AvgIpc) is 3.17. The summed E-state index contributed by atoms with van der Waals surface area (Å²) in [7, 11) is 0. The van der Waals surface area contributed by atoms with Gasteiger partial charge in [-0.25, -0.2) is 4.98 Å². The minimum Gasteiger partial charge on any atom is -0.266 e. The Balaban J connectivity index is 1.63. The molecule has 0 fully saturated rings. The number of pyridine rings is 1. The monoisotopic (exact) mass is 352 g/mol. The van der Waals surface area contributed by atoms with Gasteiger partial charge in [0.05, 0.1) is 0 Å². The quantitative estimate of drug-likeness (QED) is 0.707. The number of amides is 2. The molecule has 0 aliphatic heterocycles. The Labute approximate surface area is 148 Å². The van der Waals surface area contributed by atoms with E-state index in [2.05, 4.69) is 27.7 Å². The molecule has 0 aliphatic carbocycles. The smallest absolute Gasteiger partial charge is 0.266 e. The van der Waals surface area contributed by atoms with Crippen LogP contribution in [0.4, 0.5) is 0 Å². The van der Waals surface area contributed by atoms with Crippen LogP contribution in [0.3, 0.4) is 0 Å². The normalized spacial score (nSPS) is 10.3. The molecule has 3 rings (SSSR count). The van der Waals surface area contributed by atoms with Gasteiger partial charge in [0, 0.05) is 17.1 Å². The first-order valence-corrected chi connectivity index (χ1v) is 8.62. The Morgan fingerprint density at radius 2 is 1.72 bits per heavy atom. The zero-order chi connectivity index (χ0) is 17.6. The number of hydrogen-bond donors (Lipinski definition) is 2. The maximum absolute atomic E-state index is 12.1. The summed E-state index contributed by atoms with van der Waals surface area (Å²) in [5.41, 5.74) is 7.34. The molecule has 0 aliphatic rings. The van der Waals surface area contributed by atoms with Gasteiger partial charge in [-0.05, 0) is 24.1 Å². The predicted octanol–water partition coefficient (Wildman–Crippen LogP) is 2.84. The van der Waals surface area contributed by atoms with Gasteiger partial charge in [0.15, 0.2) is 0 Å². The molecule has 2 heterocycles. The van der Waals surface area contributed by atoms with E-state index in [9.17, 15) is 9.59 Å². The first-order valence-electron chi connectivity index (χ1n) is 7.74. The number of rotatable bonds is 4. The molecule has 3 aromatic rings. The molecular weight excluding hydrogens is 336 g/mol.